The predicted octanol–water partition coefficient (Wildman–Crippen LogP) is 11.4. The van der Waals surface area contributed by atoms with Crippen molar-refractivity contribution in [2.24, 2.45) is 0 Å². The zero-order valence-corrected chi connectivity index (χ0v) is 42.9. The fourth-order valence-corrected chi connectivity index (χ4v) is 8.66. The third kappa shape index (κ3) is 13.3. The maximum atomic E-state index is 12.4. The fraction of sp³-hybridized carbons (Fsp3) is 0.238. The van der Waals surface area contributed by atoms with Gasteiger partial charge in [0, 0.05) is 33.4 Å². The zero-order valence-electron chi connectivity index (χ0n) is 42.9. The van der Waals surface area contributed by atoms with Gasteiger partial charge >= 0.3 is 23.9 Å². The zero-order chi connectivity index (χ0) is 53.5. The molecule has 6 aromatic rings. The second-order valence-electron chi connectivity index (χ2n) is 18.2. The van der Waals surface area contributed by atoms with Crippen LogP contribution in [0.25, 0.3) is 33.4 Å². The van der Waals surface area contributed by atoms with Crippen molar-refractivity contribution in [3.05, 3.63) is 216 Å². The van der Waals surface area contributed by atoms with Gasteiger partial charge in [0.15, 0.2) is 12.2 Å². The van der Waals surface area contributed by atoms with Gasteiger partial charge < -0.3 is 37.9 Å². The normalized spacial score (nSPS) is 12.7. The first kappa shape index (κ1) is 54.5. The average molecular weight is 1010 g/mol. The van der Waals surface area contributed by atoms with E-state index < -0.39 is 41.5 Å². The lowest BCUT2D eigenvalue weighted by atomic mass is 9.67. The van der Waals surface area contributed by atoms with Gasteiger partial charge in [-0.1, -0.05) is 148 Å². The topological polar surface area (TPSA) is 142 Å². The van der Waals surface area contributed by atoms with Crippen LogP contribution in [0.5, 0.6) is 11.5 Å². The van der Waals surface area contributed by atoms with Gasteiger partial charge in [-0.3, -0.25) is 0 Å². The van der Waals surface area contributed by atoms with Gasteiger partial charge in [0.25, 0.3) is 0 Å². The first-order valence-electron chi connectivity index (χ1n) is 24.6. The minimum Gasteiger partial charge on any atom is -0.491 e. The molecule has 386 valence electrons. The molecule has 0 fully saturated rings. The number of carbonyl (C=O) groups is 4. The van der Waals surface area contributed by atoms with Crippen LogP contribution in [0.1, 0.15) is 49.9 Å². The molecule has 6 aromatic carbocycles. The number of carbonyl (C=O) groups excluding carboxylic acids is 4. The van der Waals surface area contributed by atoms with E-state index in [0.29, 0.717) is 11.5 Å². The summed E-state index contributed by atoms with van der Waals surface area (Å²) in [6, 6.07) is 49.8. The molecule has 12 heteroatoms. The Bertz CT molecular complexity index is 2860. The number of hydrogen-bond donors (Lipinski definition) is 0. The summed E-state index contributed by atoms with van der Waals surface area (Å²) in [7, 11) is 0. The highest BCUT2D eigenvalue weighted by Crippen LogP contribution is 2.57. The molecule has 1 aliphatic carbocycles. The highest BCUT2D eigenvalue weighted by atomic mass is 16.6. The Hall–Kier alpha value is -8.32. The summed E-state index contributed by atoms with van der Waals surface area (Å²) in [6.07, 6.45) is -1.75. The molecule has 0 N–H and O–H groups in total. The molecule has 12 nitrogen and oxygen atoms in total. The Labute approximate surface area is 438 Å². The second kappa shape index (κ2) is 25.6. The van der Waals surface area contributed by atoms with Crippen LogP contribution in [-0.2, 0) is 53.0 Å². The largest absolute Gasteiger partial charge is 0.491 e. The summed E-state index contributed by atoms with van der Waals surface area (Å²) in [4.78, 5) is 49.1. The van der Waals surface area contributed by atoms with E-state index >= 15 is 0 Å². The van der Waals surface area contributed by atoms with Crippen LogP contribution in [0.3, 0.4) is 0 Å². The molecule has 0 amide bonds. The van der Waals surface area contributed by atoms with Crippen molar-refractivity contribution >= 4 is 23.9 Å². The number of fused-ring (bicyclic) bond motifs is 3. The molecule has 0 bridgehead atoms. The molecule has 2 unspecified atom stereocenters. The van der Waals surface area contributed by atoms with Gasteiger partial charge in [0.1, 0.15) is 37.9 Å². The SMILES string of the molecule is C=C(C)C(=O)OCC(COCCOc1ccc(C2(c3ccc(OCCOCC(COC(=O)C(=C)C)OC(=O)C(=C)C)c(-c4ccccc4)c3)c3ccccc3-c3ccccc32)cc1-c1ccccc1)OC(=O)C(=C)C. The molecule has 0 saturated carbocycles. The van der Waals surface area contributed by atoms with Gasteiger partial charge in [-0.15, -0.1) is 0 Å². The summed E-state index contributed by atoms with van der Waals surface area (Å²) >= 11 is 0. The van der Waals surface area contributed by atoms with Crippen LogP contribution < -0.4 is 9.47 Å². The third-order valence-electron chi connectivity index (χ3n) is 12.3. The van der Waals surface area contributed by atoms with Crippen LogP contribution in [-0.4, -0.2) is 88.9 Å². The van der Waals surface area contributed by atoms with Gasteiger partial charge in [0.2, 0.25) is 0 Å². The molecule has 0 aliphatic heterocycles. The van der Waals surface area contributed by atoms with Crippen molar-refractivity contribution in [3.63, 3.8) is 0 Å². The molecular weight excluding hydrogens is 949 g/mol. The maximum absolute atomic E-state index is 12.4. The van der Waals surface area contributed by atoms with Crippen LogP contribution in [0.4, 0.5) is 0 Å². The third-order valence-corrected chi connectivity index (χ3v) is 12.3. The van der Waals surface area contributed by atoms with Crippen molar-refractivity contribution in [3.8, 4) is 44.9 Å². The molecule has 0 saturated heterocycles. The minimum absolute atomic E-state index is 0.0498. The lowest BCUT2D eigenvalue weighted by Gasteiger charge is -2.35. The summed E-state index contributed by atoms with van der Waals surface area (Å²) < 4.78 is 46.5. The molecule has 1 aliphatic rings. The Morgan fingerprint density at radius 2 is 0.773 bits per heavy atom. The van der Waals surface area contributed by atoms with Crippen molar-refractivity contribution in [2.75, 3.05) is 52.9 Å². The number of benzene rings is 6. The monoisotopic (exact) mass is 1010 g/mol. The highest BCUT2D eigenvalue weighted by Gasteiger charge is 2.46. The fourth-order valence-electron chi connectivity index (χ4n) is 8.66. The molecule has 0 radical (unpaired) electrons. The smallest absolute Gasteiger partial charge is 0.333 e. The number of hydrogen-bond acceptors (Lipinski definition) is 12. The first-order valence-corrected chi connectivity index (χ1v) is 24.6. The van der Waals surface area contributed by atoms with E-state index in [0.717, 1.165) is 55.6 Å². The molecule has 0 spiro atoms. The van der Waals surface area contributed by atoms with Crippen molar-refractivity contribution in [1.82, 2.24) is 0 Å². The van der Waals surface area contributed by atoms with E-state index in [9.17, 15) is 19.2 Å². The molecule has 7 rings (SSSR count). The van der Waals surface area contributed by atoms with E-state index in [1.54, 1.807) is 0 Å². The van der Waals surface area contributed by atoms with E-state index in [4.69, 9.17) is 37.9 Å². The Morgan fingerprint density at radius 1 is 0.413 bits per heavy atom. The van der Waals surface area contributed by atoms with E-state index in [-0.39, 0.29) is 75.1 Å². The quantitative estimate of drug-likeness (QED) is 0.0221. The van der Waals surface area contributed by atoms with Crippen LogP contribution >= 0.6 is 0 Å². The van der Waals surface area contributed by atoms with Crippen LogP contribution in [0, 0.1) is 0 Å². The van der Waals surface area contributed by atoms with Gasteiger partial charge in [-0.25, -0.2) is 19.2 Å². The summed E-state index contributed by atoms with van der Waals surface area (Å²) in [5, 5.41) is 0. The Kier molecular flexibility index (Phi) is 18.6. The number of rotatable bonds is 26. The van der Waals surface area contributed by atoms with Gasteiger partial charge in [-0.2, -0.15) is 0 Å². The van der Waals surface area contributed by atoms with Crippen molar-refractivity contribution in [1.29, 1.82) is 0 Å². The van der Waals surface area contributed by atoms with Crippen LogP contribution in [0.15, 0.2) is 194 Å². The van der Waals surface area contributed by atoms with E-state index in [1.165, 1.54) is 27.7 Å². The predicted molar refractivity (Wildman–Crippen MR) is 288 cm³/mol. The number of esters is 4. The minimum atomic E-state index is -0.876. The van der Waals surface area contributed by atoms with Crippen LogP contribution in [0.2, 0.25) is 0 Å². The molecule has 0 aromatic heterocycles. The first-order chi connectivity index (χ1) is 36.2. The molecule has 2 atom stereocenters. The molecular formula is C63H62O12. The summed E-state index contributed by atoms with van der Waals surface area (Å²) in [5.74, 6) is -1.19. The standard InChI is InChI=1S/C63H62O12/c1-41(2)59(64)72-39-49(74-61(66)43(5)6)37-68-31-33-70-57-29-27-47(35-53(57)45-19-11-9-12-20-45)63(55-25-17-15-23-51(55)52-24-16-18-26-56(52)63)48-28-30-58(54(36-48)46-21-13-10-14-22-46)71-34-32-69-38-50(75-62(67)44(7)8)40-73-60(65)42(3)4/h9-30,35-36,49-50H,1,3,5,7,31-34,37-40H2,2,4,6,8H3. The number of ether oxygens (including phenoxy) is 8. The molecule has 75 heavy (non-hydrogen) atoms. The van der Waals surface area contributed by atoms with Crippen molar-refractivity contribution in [2.45, 2.75) is 45.3 Å². The van der Waals surface area contributed by atoms with Crippen molar-refractivity contribution < 1.29 is 57.1 Å². The Morgan fingerprint density at radius 3 is 1.15 bits per heavy atom. The maximum Gasteiger partial charge on any atom is 0.333 e. The lowest BCUT2D eigenvalue weighted by Crippen LogP contribution is -2.30. The van der Waals surface area contributed by atoms with E-state index in [1.807, 2.05) is 48.5 Å². The van der Waals surface area contributed by atoms with Gasteiger partial charge in [-0.05, 0) is 96.5 Å². The second-order valence-corrected chi connectivity index (χ2v) is 18.2. The average Bonchev–Trinajstić information content (AvgIpc) is 3.72. The lowest BCUT2D eigenvalue weighted by molar-refractivity contribution is -0.157. The molecule has 0 heterocycles. The van der Waals surface area contributed by atoms with E-state index in [2.05, 4.69) is 123 Å². The summed E-state index contributed by atoms with van der Waals surface area (Å²) in [5.41, 5.74) is 10.1. The summed E-state index contributed by atoms with van der Waals surface area (Å²) in [6.45, 7) is 20.7. The highest BCUT2D eigenvalue weighted by molar-refractivity contribution is 5.90. The van der Waals surface area contributed by atoms with Gasteiger partial charge in [0.05, 0.1) is 31.8 Å². The Balaban J connectivity index is 1.21.